The molecule has 0 saturated heterocycles. The van der Waals surface area contributed by atoms with Crippen molar-refractivity contribution in [3.05, 3.63) is 71.3 Å². The predicted octanol–water partition coefficient (Wildman–Crippen LogP) is 1.79. The number of carbonyl (C=O) groups excluding carboxylic acids is 2. The fourth-order valence-corrected chi connectivity index (χ4v) is 2.24. The number of fused-ring (bicyclic) bond motifs is 1. The molecule has 0 aliphatic heterocycles. The Morgan fingerprint density at radius 1 is 1.12 bits per heavy atom. The van der Waals surface area contributed by atoms with Gasteiger partial charge in [0.05, 0.1) is 7.11 Å². The molecule has 7 nitrogen and oxygen atoms in total. The summed E-state index contributed by atoms with van der Waals surface area (Å²) in [6, 6.07) is 15.2. The van der Waals surface area contributed by atoms with Crippen LogP contribution in [-0.4, -0.2) is 18.9 Å². The topological polar surface area (TPSA) is 107 Å². The van der Waals surface area contributed by atoms with Crippen molar-refractivity contribution in [1.82, 2.24) is 5.43 Å². The average molecular weight is 337 g/mol. The van der Waals surface area contributed by atoms with Gasteiger partial charge in [0.1, 0.15) is 16.9 Å². The lowest BCUT2D eigenvalue weighted by atomic mass is 10.2. The van der Waals surface area contributed by atoms with Crippen LogP contribution in [0.4, 0.5) is 0 Å². The minimum Gasteiger partial charge on any atom is -0.497 e. The summed E-state index contributed by atoms with van der Waals surface area (Å²) < 4.78 is 10.6. The third kappa shape index (κ3) is 3.50. The van der Waals surface area contributed by atoms with E-state index in [1.807, 2.05) is 6.07 Å². The molecule has 3 N–H and O–H groups in total. The molecule has 3 rings (SSSR count). The summed E-state index contributed by atoms with van der Waals surface area (Å²) in [5.74, 6) is -0.526. The minimum absolute atomic E-state index is 0.0620. The van der Waals surface area contributed by atoms with E-state index < -0.39 is 11.8 Å². The fraction of sp³-hybridized carbons (Fsp3) is 0.0556. The number of carbonyl (C=O) groups is 2. The monoisotopic (exact) mass is 337 g/mol. The van der Waals surface area contributed by atoms with Gasteiger partial charge in [0.2, 0.25) is 5.55 Å². The second-order valence-corrected chi connectivity index (χ2v) is 5.15. The van der Waals surface area contributed by atoms with Crippen LogP contribution in [-0.2, 0) is 0 Å². The van der Waals surface area contributed by atoms with Crippen LogP contribution >= 0.6 is 0 Å². The molecule has 0 unspecified atom stereocenters. The van der Waals surface area contributed by atoms with Crippen molar-refractivity contribution in [3.63, 3.8) is 0 Å². The molecule has 3 aromatic rings. The lowest BCUT2D eigenvalue weighted by Gasteiger charge is -2.03. The van der Waals surface area contributed by atoms with Crippen LogP contribution in [0.5, 0.6) is 5.75 Å². The average Bonchev–Trinajstić information content (AvgIpc) is 2.65. The summed E-state index contributed by atoms with van der Waals surface area (Å²) in [6.07, 6.45) is 0. The van der Waals surface area contributed by atoms with Crippen LogP contribution in [0.3, 0.4) is 0 Å². The first-order valence-electron chi connectivity index (χ1n) is 7.39. The number of rotatable bonds is 4. The molecule has 0 fully saturated rings. The van der Waals surface area contributed by atoms with E-state index >= 15 is 0 Å². The van der Waals surface area contributed by atoms with Gasteiger partial charge in [-0.25, -0.2) is 5.43 Å². The highest BCUT2D eigenvalue weighted by molar-refractivity contribution is 5.96. The Labute approximate surface area is 142 Å². The van der Waals surface area contributed by atoms with Crippen molar-refractivity contribution < 1.29 is 18.7 Å². The number of primary amides is 1. The highest BCUT2D eigenvalue weighted by atomic mass is 16.5. The van der Waals surface area contributed by atoms with E-state index in [9.17, 15) is 9.59 Å². The number of benzene rings is 2. The van der Waals surface area contributed by atoms with Crippen LogP contribution in [0.25, 0.3) is 11.0 Å². The highest BCUT2D eigenvalue weighted by Gasteiger charge is 2.10. The Bertz CT molecular complexity index is 1010. The number of methoxy groups -OCH3 is 1. The molecular formula is C18H15N3O4. The highest BCUT2D eigenvalue weighted by Crippen LogP contribution is 2.13. The summed E-state index contributed by atoms with van der Waals surface area (Å²) >= 11 is 0. The van der Waals surface area contributed by atoms with Crippen molar-refractivity contribution in [3.8, 4) is 5.75 Å². The summed E-state index contributed by atoms with van der Waals surface area (Å²) in [5, 5.41) is 4.60. The Morgan fingerprint density at radius 3 is 2.52 bits per heavy atom. The quantitative estimate of drug-likeness (QED) is 0.708. The van der Waals surface area contributed by atoms with Gasteiger partial charge in [0.15, 0.2) is 0 Å². The maximum absolute atomic E-state index is 12.2. The van der Waals surface area contributed by atoms with Gasteiger partial charge in [0, 0.05) is 10.9 Å². The van der Waals surface area contributed by atoms with Gasteiger partial charge in [-0.05, 0) is 36.4 Å². The zero-order valence-electron chi connectivity index (χ0n) is 13.4. The molecule has 0 atom stereocenters. The van der Waals surface area contributed by atoms with Crippen LogP contribution in [0.15, 0.2) is 64.1 Å². The molecule has 1 aromatic heterocycles. The maximum atomic E-state index is 12.2. The van der Waals surface area contributed by atoms with Crippen molar-refractivity contribution in [1.29, 1.82) is 0 Å². The lowest BCUT2D eigenvalue weighted by Crippen LogP contribution is -2.27. The molecule has 2 amide bonds. The van der Waals surface area contributed by atoms with Crippen molar-refractivity contribution in [2.45, 2.75) is 0 Å². The van der Waals surface area contributed by atoms with E-state index in [1.165, 1.54) is 7.11 Å². The molecule has 7 heteroatoms. The van der Waals surface area contributed by atoms with E-state index in [0.717, 1.165) is 0 Å². The molecule has 0 radical (unpaired) electrons. The predicted molar refractivity (Wildman–Crippen MR) is 90.8 cm³/mol. The van der Waals surface area contributed by atoms with Crippen LogP contribution in [0.1, 0.15) is 20.7 Å². The number of ether oxygens (including phenoxy) is 1. The van der Waals surface area contributed by atoms with E-state index in [4.69, 9.17) is 14.9 Å². The van der Waals surface area contributed by atoms with Crippen molar-refractivity contribution >= 4 is 22.8 Å². The molecule has 0 spiro atoms. The molecule has 0 bridgehead atoms. The van der Waals surface area contributed by atoms with Gasteiger partial charge in [0.25, 0.3) is 11.8 Å². The number of hydrogen-bond acceptors (Lipinski definition) is 5. The smallest absolute Gasteiger partial charge is 0.271 e. The molecule has 2 aromatic carbocycles. The van der Waals surface area contributed by atoms with Gasteiger partial charge >= 0.3 is 0 Å². The number of amides is 2. The minimum atomic E-state index is -0.702. The fourth-order valence-electron chi connectivity index (χ4n) is 2.24. The Hall–Kier alpha value is -3.61. The van der Waals surface area contributed by atoms with Crippen LogP contribution in [0, 0.1) is 0 Å². The molecule has 0 aliphatic rings. The summed E-state index contributed by atoms with van der Waals surface area (Å²) in [5.41, 5.74) is 8.64. The second kappa shape index (κ2) is 6.88. The van der Waals surface area contributed by atoms with Gasteiger partial charge in [-0.15, -0.1) is 5.10 Å². The molecule has 25 heavy (non-hydrogen) atoms. The van der Waals surface area contributed by atoms with Gasteiger partial charge in [-0.3, -0.25) is 9.59 Å². The number of nitrogens with two attached hydrogens (primary N) is 1. The molecule has 1 heterocycles. The zero-order chi connectivity index (χ0) is 17.8. The van der Waals surface area contributed by atoms with Crippen molar-refractivity contribution in [2.75, 3.05) is 7.11 Å². The number of hydrogen-bond donors (Lipinski definition) is 2. The SMILES string of the molecule is COc1ccc(C(=O)NN=c2oc3ccccc3cc2C(N)=O)cc1. The summed E-state index contributed by atoms with van der Waals surface area (Å²) in [4.78, 5) is 23.8. The van der Waals surface area contributed by atoms with Gasteiger partial charge in [-0.1, -0.05) is 18.2 Å². The number of para-hydroxylation sites is 1. The third-order valence-corrected chi connectivity index (χ3v) is 3.53. The maximum Gasteiger partial charge on any atom is 0.271 e. The van der Waals surface area contributed by atoms with E-state index in [-0.39, 0.29) is 11.1 Å². The van der Waals surface area contributed by atoms with E-state index in [0.29, 0.717) is 22.3 Å². The molecule has 126 valence electrons. The van der Waals surface area contributed by atoms with E-state index in [2.05, 4.69) is 10.5 Å². The standard InChI is InChI=1S/C18H15N3O4/c1-24-13-8-6-11(7-9-13)17(23)20-21-18-14(16(19)22)10-12-4-2-3-5-15(12)25-18/h2-10H,1H3,(H2,19,22)(H,20,23). The largest absolute Gasteiger partial charge is 0.497 e. The Balaban J connectivity index is 1.95. The first-order chi connectivity index (χ1) is 12.1. The second-order valence-electron chi connectivity index (χ2n) is 5.15. The summed E-state index contributed by atoms with van der Waals surface area (Å²) in [6.45, 7) is 0. The molecule has 0 saturated carbocycles. The summed E-state index contributed by atoms with van der Waals surface area (Å²) in [7, 11) is 1.54. The lowest BCUT2D eigenvalue weighted by molar-refractivity contribution is 0.0946. The van der Waals surface area contributed by atoms with Gasteiger partial charge in [-0.2, -0.15) is 0 Å². The van der Waals surface area contributed by atoms with Crippen LogP contribution in [0.2, 0.25) is 0 Å². The molecule has 0 aliphatic carbocycles. The zero-order valence-corrected chi connectivity index (χ0v) is 13.4. The first-order valence-corrected chi connectivity index (χ1v) is 7.39. The van der Waals surface area contributed by atoms with Crippen molar-refractivity contribution in [2.24, 2.45) is 10.8 Å². The van der Waals surface area contributed by atoms with Crippen LogP contribution < -0.4 is 21.5 Å². The Morgan fingerprint density at radius 2 is 1.84 bits per heavy atom. The first kappa shape index (κ1) is 16.3. The number of nitrogens with one attached hydrogen (secondary N) is 1. The van der Waals surface area contributed by atoms with E-state index in [1.54, 1.807) is 48.5 Å². The van der Waals surface area contributed by atoms with Gasteiger partial charge < -0.3 is 14.9 Å². The Kier molecular flexibility index (Phi) is 4.47. The third-order valence-electron chi connectivity index (χ3n) is 3.53. The molecular weight excluding hydrogens is 322 g/mol. The number of nitrogens with zero attached hydrogens (tertiary/aromatic N) is 1. The normalized spacial score (nSPS) is 11.3.